The number of hydrogen-bond acceptors (Lipinski definition) is 8. The van der Waals surface area contributed by atoms with Crippen LogP contribution in [-0.4, -0.2) is 24.3 Å². The van der Waals surface area contributed by atoms with Crippen LogP contribution >= 0.6 is 0 Å². The number of aliphatic imine (C=N–C) groups is 4. The second-order valence-electron chi connectivity index (χ2n) is 8.65. The third-order valence-electron chi connectivity index (χ3n) is 6.22. The number of rotatable bonds is 8. The van der Waals surface area contributed by atoms with Gasteiger partial charge in [-0.1, -0.05) is 36.4 Å². The fourth-order valence-electron chi connectivity index (χ4n) is 4.48. The fourth-order valence-corrected chi connectivity index (χ4v) is 4.48. The number of aryl methyl sites for hydroxylation is 2. The van der Waals surface area contributed by atoms with Crippen molar-refractivity contribution >= 4 is 58.2 Å². The summed E-state index contributed by atoms with van der Waals surface area (Å²) in [7, 11) is 0. The zero-order valence-electron chi connectivity index (χ0n) is 21.5. The Morgan fingerprint density at radius 3 is 1.10 bits per heavy atom. The Hall–Kier alpha value is -5.86. The zero-order valence-corrected chi connectivity index (χ0v) is 21.5. The van der Waals surface area contributed by atoms with Crippen molar-refractivity contribution in [3.63, 3.8) is 0 Å². The van der Waals surface area contributed by atoms with Crippen LogP contribution in [0.4, 0.5) is 22.7 Å². The summed E-state index contributed by atoms with van der Waals surface area (Å²) in [4.78, 5) is 58.3. The first kappa shape index (κ1) is 27.2. The summed E-state index contributed by atoms with van der Waals surface area (Å²) in [5.41, 5.74) is 8.57. The first-order valence-corrected chi connectivity index (χ1v) is 12.0. The summed E-state index contributed by atoms with van der Waals surface area (Å²) in [6.45, 7) is 3.84. The predicted molar refractivity (Wildman–Crippen MR) is 151 cm³/mol. The van der Waals surface area contributed by atoms with Gasteiger partial charge in [-0.3, -0.25) is 0 Å². The molecule has 4 aromatic carbocycles. The molecule has 0 bridgehead atoms. The van der Waals surface area contributed by atoms with Crippen LogP contribution in [0.2, 0.25) is 0 Å². The highest BCUT2D eigenvalue weighted by atomic mass is 16.1. The van der Waals surface area contributed by atoms with E-state index in [9.17, 15) is 19.2 Å². The number of isocyanates is 4. The molecule has 0 aliphatic rings. The highest BCUT2D eigenvalue weighted by Gasteiger charge is 2.20. The standard InChI is InChI=1S/C32H20N4O4/c1-21-15-27(35-19-39)11-13-29(21)32(30-14-12-28(36-20-40)16-22(30)2)31(23-3-7-25(8-4-23)33-17-37)24-5-9-26(10-6-24)34-18-38/h3-16H,1-2H3. The molecule has 40 heavy (non-hydrogen) atoms. The summed E-state index contributed by atoms with van der Waals surface area (Å²) in [5, 5.41) is 0. The molecule has 0 unspecified atom stereocenters. The van der Waals surface area contributed by atoms with Crippen molar-refractivity contribution in [3.05, 3.63) is 118 Å². The molecule has 0 aliphatic heterocycles. The van der Waals surface area contributed by atoms with Crippen LogP contribution in [0.5, 0.6) is 0 Å². The van der Waals surface area contributed by atoms with Crippen molar-refractivity contribution in [2.45, 2.75) is 13.8 Å². The van der Waals surface area contributed by atoms with Gasteiger partial charge in [0.15, 0.2) is 0 Å². The average molecular weight is 525 g/mol. The van der Waals surface area contributed by atoms with Gasteiger partial charge in [-0.05, 0) is 107 Å². The smallest absolute Gasteiger partial charge is 0.211 e. The SMILES string of the molecule is Cc1cc(N=C=O)ccc1C(=C(c1ccc(N=C=O)cc1)c1ccc(N=C=O)cc1)c1ccc(N=C=O)cc1C. The van der Waals surface area contributed by atoms with E-state index in [2.05, 4.69) is 20.0 Å². The van der Waals surface area contributed by atoms with Gasteiger partial charge in [0, 0.05) is 0 Å². The fraction of sp³-hybridized carbons (Fsp3) is 0.0625. The maximum atomic E-state index is 10.9. The van der Waals surface area contributed by atoms with E-state index in [1.807, 2.05) is 50.2 Å². The second-order valence-corrected chi connectivity index (χ2v) is 8.65. The van der Waals surface area contributed by atoms with E-state index in [0.29, 0.717) is 22.7 Å². The van der Waals surface area contributed by atoms with Gasteiger partial charge < -0.3 is 0 Å². The van der Waals surface area contributed by atoms with E-state index >= 15 is 0 Å². The molecule has 4 rings (SSSR count). The van der Waals surface area contributed by atoms with E-state index in [1.165, 1.54) is 0 Å². The molecule has 0 radical (unpaired) electrons. The van der Waals surface area contributed by atoms with Crippen LogP contribution < -0.4 is 0 Å². The number of nitrogens with zero attached hydrogens (tertiary/aromatic N) is 4. The highest BCUT2D eigenvalue weighted by Crippen LogP contribution is 2.41. The van der Waals surface area contributed by atoms with Gasteiger partial charge in [0.2, 0.25) is 24.3 Å². The summed E-state index contributed by atoms with van der Waals surface area (Å²) in [6, 6.07) is 25.1. The van der Waals surface area contributed by atoms with E-state index in [1.54, 1.807) is 72.9 Å². The largest absolute Gasteiger partial charge is 0.240 e. The topological polar surface area (TPSA) is 118 Å². The van der Waals surface area contributed by atoms with Crippen molar-refractivity contribution < 1.29 is 19.2 Å². The van der Waals surface area contributed by atoms with E-state index in [4.69, 9.17) is 0 Å². The van der Waals surface area contributed by atoms with Crippen LogP contribution in [0.15, 0.2) is 105 Å². The molecule has 192 valence electrons. The molecular formula is C32H20N4O4. The molecule has 0 fully saturated rings. The van der Waals surface area contributed by atoms with Gasteiger partial charge in [0.1, 0.15) is 0 Å². The number of benzene rings is 4. The molecule has 0 spiro atoms. The van der Waals surface area contributed by atoms with Crippen LogP contribution in [-0.2, 0) is 19.2 Å². The summed E-state index contributed by atoms with van der Waals surface area (Å²) in [5.74, 6) is 0. The monoisotopic (exact) mass is 524 g/mol. The minimum atomic E-state index is 0.454. The Bertz CT molecular complexity index is 1680. The molecule has 0 aromatic heterocycles. The minimum Gasteiger partial charge on any atom is -0.211 e. The third-order valence-corrected chi connectivity index (χ3v) is 6.22. The summed E-state index contributed by atoms with van der Waals surface area (Å²) < 4.78 is 0. The van der Waals surface area contributed by atoms with Crippen molar-refractivity contribution in [3.8, 4) is 0 Å². The van der Waals surface area contributed by atoms with Crippen molar-refractivity contribution in [1.82, 2.24) is 0 Å². The number of carbonyl (C=O) groups excluding carboxylic acids is 4. The predicted octanol–water partition coefficient (Wildman–Crippen LogP) is 7.18. The van der Waals surface area contributed by atoms with Crippen molar-refractivity contribution in [2.75, 3.05) is 0 Å². The molecule has 0 heterocycles. The summed E-state index contributed by atoms with van der Waals surface area (Å²) >= 11 is 0. The molecule has 0 saturated heterocycles. The van der Waals surface area contributed by atoms with Crippen LogP contribution in [0.3, 0.4) is 0 Å². The Morgan fingerprint density at radius 2 is 0.775 bits per heavy atom. The minimum absolute atomic E-state index is 0.454. The zero-order chi connectivity index (χ0) is 28.5. The lowest BCUT2D eigenvalue weighted by atomic mass is 9.82. The maximum Gasteiger partial charge on any atom is 0.240 e. The molecule has 4 aromatic rings. The summed E-state index contributed by atoms with van der Waals surface area (Å²) in [6.07, 6.45) is 6.25. The lowest BCUT2D eigenvalue weighted by Gasteiger charge is -2.21. The first-order valence-electron chi connectivity index (χ1n) is 12.0. The Balaban J connectivity index is 2.14. The number of hydrogen-bond donors (Lipinski definition) is 0. The Kier molecular flexibility index (Phi) is 8.56. The van der Waals surface area contributed by atoms with Crippen LogP contribution in [0.1, 0.15) is 33.4 Å². The molecule has 8 heteroatoms. The van der Waals surface area contributed by atoms with E-state index in [0.717, 1.165) is 44.5 Å². The highest BCUT2D eigenvalue weighted by molar-refractivity contribution is 6.06. The lowest BCUT2D eigenvalue weighted by molar-refractivity contribution is 0.564. The van der Waals surface area contributed by atoms with Gasteiger partial charge >= 0.3 is 0 Å². The first-order chi connectivity index (χ1) is 19.5. The molecule has 0 atom stereocenters. The molecule has 0 aliphatic carbocycles. The molecule has 0 amide bonds. The van der Waals surface area contributed by atoms with Gasteiger partial charge in [-0.2, -0.15) is 20.0 Å². The van der Waals surface area contributed by atoms with E-state index in [-0.39, 0.29) is 0 Å². The van der Waals surface area contributed by atoms with Gasteiger partial charge in [0.25, 0.3) is 0 Å². The average Bonchev–Trinajstić information content (AvgIpc) is 2.95. The van der Waals surface area contributed by atoms with Gasteiger partial charge in [-0.25, -0.2) is 19.2 Å². The van der Waals surface area contributed by atoms with Gasteiger partial charge in [0.05, 0.1) is 22.7 Å². The lowest BCUT2D eigenvalue weighted by Crippen LogP contribution is -2.01. The molecular weight excluding hydrogens is 504 g/mol. The van der Waals surface area contributed by atoms with Gasteiger partial charge in [-0.15, -0.1) is 0 Å². The van der Waals surface area contributed by atoms with Crippen molar-refractivity contribution in [2.24, 2.45) is 20.0 Å². The molecule has 8 nitrogen and oxygen atoms in total. The molecule has 0 saturated carbocycles. The Morgan fingerprint density at radius 1 is 0.450 bits per heavy atom. The van der Waals surface area contributed by atoms with Crippen LogP contribution in [0.25, 0.3) is 11.1 Å². The van der Waals surface area contributed by atoms with Crippen LogP contribution in [0, 0.1) is 13.8 Å². The molecule has 0 N–H and O–H groups in total. The Labute approximate surface area is 229 Å². The maximum absolute atomic E-state index is 10.9. The van der Waals surface area contributed by atoms with Crippen molar-refractivity contribution in [1.29, 1.82) is 0 Å². The normalized spacial score (nSPS) is 9.75. The second kappa shape index (κ2) is 12.6. The van der Waals surface area contributed by atoms with E-state index < -0.39 is 0 Å². The third kappa shape index (κ3) is 5.99. The quantitative estimate of drug-likeness (QED) is 0.138.